The number of aromatic nitrogens is 1. The number of carboxylic acid groups (broad SMARTS) is 1. The van der Waals surface area contributed by atoms with E-state index in [1.54, 1.807) is 42.5 Å². The van der Waals surface area contributed by atoms with Gasteiger partial charge in [0.05, 0.1) is 12.5 Å². The summed E-state index contributed by atoms with van der Waals surface area (Å²) in [5.74, 6) is -1.80. The van der Waals surface area contributed by atoms with Gasteiger partial charge in [0, 0.05) is 18.8 Å². The third-order valence-corrected chi connectivity index (χ3v) is 5.34. The number of anilines is 1. The summed E-state index contributed by atoms with van der Waals surface area (Å²) < 4.78 is 1.18. The van der Waals surface area contributed by atoms with E-state index in [0.29, 0.717) is 11.1 Å². The number of amides is 2. The van der Waals surface area contributed by atoms with Gasteiger partial charge in [0.1, 0.15) is 5.69 Å². The minimum atomic E-state index is -1.14. The number of ketones is 1. The smallest absolute Gasteiger partial charge is 0.871 e. The number of hydrogen-bond donors (Lipinski definition) is 3. The molecule has 2 aromatic carbocycles. The number of nitrogens with zero attached hydrogens (tertiary/aromatic N) is 1. The van der Waals surface area contributed by atoms with Crippen molar-refractivity contribution in [2.45, 2.75) is 26.3 Å². The van der Waals surface area contributed by atoms with Gasteiger partial charge in [-0.05, 0) is 42.2 Å². The summed E-state index contributed by atoms with van der Waals surface area (Å²) >= 11 is 0. The summed E-state index contributed by atoms with van der Waals surface area (Å²) in [6, 6.07) is 12.1. The van der Waals surface area contributed by atoms with Gasteiger partial charge in [0.25, 0.3) is 5.56 Å². The molecule has 10 heteroatoms. The summed E-state index contributed by atoms with van der Waals surface area (Å²) in [6.07, 6.45) is 0.950. The average molecular weight is 485 g/mol. The fraction of sp³-hybridized carbons (Fsp3) is 0.200. The number of benzene rings is 2. The van der Waals surface area contributed by atoms with E-state index in [9.17, 15) is 29.4 Å². The number of Topliss-reactive ketones (excluding diaryl/α,β-unsaturated/α-hetero) is 1. The van der Waals surface area contributed by atoms with Crippen LogP contribution in [0.4, 0.5) is 10.5 Å². The minimum Gasteiger partial charge on any atom is -0.871 e. The Labute approximate surface area is 224 Å². The molecule has 1 aromatic heterocycles. The molecule has 0 bridgehead atoms. The molecule has 0 aliphatic heterocycles. The molecule has 3 N–H and O–H groups in total. The number of aliphatic carboxylic acids is 1. The molecule has 176 valence electrons. The molecule has 0 spiro atoms. The van der Waals surface area contributed by atoms with Gasteiger partial charge in [-0.2, -0.15) is 0 Å². The Balaban J connectivity index is 0.00000432. The Morgan fingerprint density at radius 3 is 2.34 bits per heavy atom. The van der Waals surface area contributed by atoms with E-state index in [-0.39, 0.29) is 40.9 Å². The number of nitrogens with one attached hydrogen (secondary N) is 2. The van der Waals surface area contributed by atoms with E-state index in [4.69, 9.17) is 0 Å². The summed E-state index contributed by atoms with van der Waals surface area (Å²) in [6.45, 7) is 3.00. The van der Waals surface area contributed by atoms with Gasteiger partial charge in [0.2, 0.25) is 0 Å². The molecule has 1 heterocycles. The van der Waals surface area contributed by atoms with Crippen LogP contribution in [0.5, 0.6) is 5.75 Å². The van der Waals surface area contributed by atoms with Crippen molar-refractivity contribution >= 4 is 23.5 Å². The predicted molar refractivity (Wildman–Crippen MR) is 125 cm³/mol. The van der Waals surface area contributed by atoms with Gasteiger partial charge in [-0.1, -0.05) is 48.2 Å². The van der Waals surface area contributed by atoms with Crippen LogP contribution in [0.3, 0.4) is 0 Å². The maximum absolute atomic E-state index is 12.6. The third-order valence-electron chi connectivity index (χ3n) is 5.34. The zero-order chi connectivity index (χ0) is 25.0. The van der Waals surface area contributed by atoms with Gasteiger partial charge in [0.15, 0.2) is 5.78 Å². The van der Waals surface area contributed by atoms with Crippen molar-refractivity contribution in [3.05, 3.63) is 81.8 Å². The zero-order valence-corrected chi connectivity index (χ0v) is 21.9. The molecule has 0 radical (unpaired) electrons. The van der Waals surface area contributed by atoms with Gasteiger partial charge < -0.3 is 25.4 Å². The van der Waals surface area contributed by atoms with Crippen molar-refractivity contribution in [3.8, 4) is 16.9 Å². The Hall–Kier alpha value is -3.40. The number of aryl methyl sites for hydroxylation is 2. The standard InChI is InChI=1S/C25H25N3O6.Na/c1-14-13-28(3)24(33)22(23(14)32)27-25(34)26-20(12-21(30)31)19-6-4-5-18(11-19)17-9-7-16(8-10-17)15(2)29;/h4-11,13,20,32H,12H2,1-3H3,(H,30,31)(H2,26,27,34);/q;+1/p-1. The van der Waals surface area contributed by atoms with Crippen LogP contribution in [0.1, 0.15) is 40.9 Å². The second kappa shape index (κ2) is 11.8. The van der Waals surface area contributed by atoms with Gasteiger partial charge in [-0.15, -0.1) is 0 Å². The number of carboxylic acids is 1. The van der Waals surface area contributed by atoms with E-state index in [1.807, 2.05) is 6.07 Å². The molecule has 1 atom stereocenters. The fourth-order valence-electron chi connectivity index (χ4n) is 3.56. The molecule has 0 saturated heterocycles. The number of carbonyl (C=O) groups is 3. The quantitative estimate of drug-likeness (QED) is 0.317. The summed E-state index contributed by atoms with van der Waals surface area (Å²) in [5.41, 5.74) is 1.87. The van der Waals surface area contributed by atoms with E-state index in [2.05, 4.69) is 10.6 Å². The Morgan fingerprint density at radius 2 is 1.74 bits per heavy atom. The van der Waals surface area contributed by atoms with E-state index in [1.165, 1.54) is 31.7 Å². The summed E-state index contributed by atoms with van der Waals surface area (Å²) in [7, 11) is 1.46. The van der Waals surface area contributed by atoms with Crippen LogP contribution in [0.15, 0.2) is 59.5 Å². The molecule has 1 unspecified atom stereocenters. The molecular weight excluding hydrogens is 461 g/mol. The first kappa shape index (κ1) is 27.8. The second-order valence-corrected chi connectivity index (χ2v) is 7.94. The number of urea groups is 1. The van der Waals surface area contributed by atoms with Gasteiger partial charge in [-0.25, -0.2) is 4.79 Å². The molecule has 3 aromatic rings. The third kappa shape index (κ3) is 6.82. The first-order chi connectivity index (χ1) is 16.1. The van der Waals surface area contributed by atoms with Crippen LogP contribution in [-0.4, -0.2) is 27.5 Å². The van der Waals surface area contributed by atoms with Crippen LogP contribution >= 0.6 is 0 Å². The first-order valence-electron chi connectivity index (χ1n) is 10.4. The SMILES string of the molecule is CC(=O)c1ccc(-c2cccc(C(CC(=O)O)NC(=O)Nc3c([O-])c(C)cn(C)c3=O)c2)cc1.[Na+]. The Bertz CT molecular complexity index is 1320. The summed E-state index contributed by atoms with van der Waals surface area (Å²) in [5, 5.41) is 26.5. The van der Waals surface area contributed by atoms with Crippen LogP contribution < -0.4 is 50.9 Å². The molecule has 35 heavy (non-hydrogen) atoms. The molecule has 9 nitrogen and oxygen atoms in total. The Morgan fingerprint density at radius 1 is 1.09 bits per heavy atom. The monoisotopic (exact) mass is 485 g/mol. The molecule has 0 saturated carbocycles. The second-order valence-electron chi connectivity index (χ2n) is 7.94. The van der Waals surface area contributed by atoms with E-state index < -0.39 is 41.5 Å². The van der Waals surface area contributed by atoms with Crippen LogP contribution in [0, 0.1) is 6.92 Å². The number of pyridine rings is 1. The normalized spacial score (nSPS) is 11.2. The molecule has 0 fully saturated rings. The van der Waals surface area contributed by atoms with E-state index >= 15 is 0 Å². The predicted octanol–water partition coefficient (Wildman–Crippen LogP) is -0.0216. The molecule has 3 rings (SSSR count). The van der Waals surface area contributed by atoms with Crippen molar-refractivity contribution in [2.75, 3.05) is 5.32 Å². The first-order valence-corrected chi connectivity index (χ1v) is 10.4. The topological polar surface area (TPSA) is 141 Å². The number of hydrogen-bond acceptors (Lipinski definition) is 5. The van der Waals surface area contributed by atoms with Crippen molar-refractivity contribution in [3.63, 3.8) is 0 Å². The van der Waals surface area contributed by atoms with Crippen molar-refractivity contribution in [1.29, 1.82) is 0 Å². The van der Waals surface area contributed by atoms with Crippen LogP contribution in [0.2, 0.25) is 0 Å². The van der Waals surface area contributed by atoms with Crippen molar-refractivity contribution < 1.29 is 54.2 Å². The molecule has 0 aliphatic carbocycles. The largest absolute Gasteiger partial charge is 1.00 e. The molecular formula is C25H24N3NaO6. The maximum Gasteiger partial charge on any atom is 1.00 e. The van der Waals surface area contributed by atoms with Crippen LogP contribution in [0.25, 0.3) is 11.1 Å². The Kier molecular flexibility index (Phi) is 9.41. The summed E-state index contributed by atoms with van der Waals surface area (Å²) in [4.78, 5) is 47.9. The van der Waals surface area contributed by atoms with Gasteiger partial charge in [-0.3, -0.25) is 14.4 Å². The maximum atomic E-state index is 12.6. The van der Waals surface area contributed by atoms with E-state index in [0.717, 1.165) is 11.1 Å². The fourth-order valence-corrected chi connectivity index (χ4v) is 3.56. The van der Waals surface area contributed by atoms with Gasteiger partial charge >= 0.3 is 41.6 Å². The molecule has 2 amide bonds. The molecule has 0 aliphatic rings. The minimum absolute atomic E-state index is 0. The number of rotatable bonds is 7. The van der Waals surface area contributed by atoms with Crippen molar-refractivity contribution in [1.82, 2.24) is 9.88 Å². The average Bonchev–Trinajstić information content (AvgIpc) is 2.80. The number of carbonyl (C=O) groups excluding carboxylic acids is 2. The zero-order valence-electron chi connectivity index (χ0n) is 19.9. The van der Waals surface area contributed by atoms with Crippen LogP contribution in [-0.2, 0) is 11.8 Å². The van der Waals surface area contributed by atoms with Crippen molar-refractivity contribution in [2.24, 2.45) is 7.05 Å².